The standard InChI is InChI=1S/C68H45N/c1-3-17-50(18-4-1)67-65-26-12-11-25-62(65)64-42-36-55(45-66(64)68(67)51-19-5-2-6-20-51)47-31-37-56(38-32-47)69(58-23-13-22-53(44-58)54-30-29-46-15-7-8-21-52(46)43-54)57-39-33-49(34-40-57)60-27-14-28-61-59-24-10-9-16-48(59)35-41-63(60)61/h1-45H. The first kappa shape index (κ1) is 40.3. The lowest BCUT2D eigenvalue weighted by Crippen LogP contribution is -2.10. The molecule has 0 saturated heterocycles. The molecule has 0 amide bonds. The Kier molecular flexibility index (Phi) is 9.91. The molecule has 13 rings (SSSR count). The normalized spacial score (nSPS) is 11.5. The van der Waals surface area contributed by atoms with E-state index in [9.17, 15) is 0 Å². The molecule has 0 heterocycles. The molecule has 0 radical (unpaired) electrons. The van der Waals surface area contributed by atoms with Crippen molar-refractivity contribution in [1.82, 2.24) is 0 Å². The Morgan fingerprint density at radius 3 is 1.39 bits per heavy atom. The topological polar surface area (TPSA) is 3.24 Å². The van der Waals surface area contributed by atoms with E-state index in [1.165, 1.54) is 104 Å². The fourth-order valence-electron chi connectivity index (χ4n) is 10.7. The summed E-state index contributed by atoms with van der Waals surface area (Å²) in [6.45, 7) is 0. The number of rotatable bonds is 8. The van der Waals surface area contributed by atoms with Crippen LogP contribution in [0.25, 0.3) is 109 Å². The van der Waals surface area contributed by atoms with Gasteiger partial charge in [0.2, 0.25) is 0 Å². The molecule has 13 aromatic rings. The van der Waals surface area contributed by atoms with Gasteiger partial charge in [0.05, 0.1) is 0 Å². The van der Waals surface area contributed by atoms with Crippen LogP contribution in [0.5, 0.6) is 0 Å². The van der Waals surface area contributed by atoms with Crippen molar-refractivity contribution in [2.45, 2.75) is 0 Å². The Bertz CT molecular complexity index is 4040. The first-order valence-electron chi connectivity index (χ1n) is 23.8. The van der Waals surface area contributed by atoms with E-state index in [2.05, 4.69) is 278 Å². The lowest BCUT2D eigenvalue weighted by atomic mass is 9.84. The third-order valence-corrected chi connectivity index (χ3v) is 14.0. The van der Waals surface area contributed by atoms with Gasteiger partial charge >= 0.3 is 0 Å². The molecule has 0 unspecified atom stereocenters. The van der Waals surface area contributed by atoms with Gasteiger partial charge in [0.1, 0.15) is 0 Å². The summed E-state index contributed by atoms with van der Waals surface area (Å²) in [5.41, 5.74) is 15.3. The third-order valence-electron chi connectivity index (χ3n) is 14.0. The minimum Gasteiger partial charge on any atom is -0.310 e. The van der Waals surface area contributed by atoms with Crippen molar-refractivity contribution in [3.63, 3.8) is 0 Å². The van der Waals surface area contributed by atoms with Gasteiger partial charge in [-0.2, -0.15) is 0 Å². The molecule has 0 bridgehead atoms. The van der Waals surface area contributed by atoms with Gasteiger partial charge in [0, 0.05) is 17.1 Å². The highest BCUT2D eigenvalue weighted by atomic mass is 15.1. The zero-order chi connectivity index (χ0) is 45.7. The molecule has 0 fully saturated rings. The first-order chi connectivity index (χ1) is 34.2. The maximum Gasteiger partial charge on any atom is 0.0467 e. The summed E-state index contributed by atoms with van der Waals surface area (Å²) in [5, 5.41) is 12.6. The van der Waals surface area contributed by atoms with E-state index >= 15 is 0 Å². The molecule has 0 N–H and O–H groups in total. The minimum absolute atomic E-state index is 1.09. The van der Waals surface area contributed by atoms with Crippen molar-refractivity contribution in [2.24, 2.45) is 0 Å². The molecule has 0 aromatic heterocycles. The van der Waals surface area contributed by atoms with Gasteiger partial charge < -0.3 is 4.90 Å². The predicted molar refractivity (Wildman–Crippen MR) is 296 cm³/mol. The molecular formula is C68H45N. The lowest BCUT2D eigenvalue weighted by molar-refractivity contribution is 1.28. The Morgan fingerprint density at radius 1 is 0.188 bits per heavy atom. The van der Waals surface area contributed by atoms with Gasteiger partial charge in [-0.3, -0.25) is 0 Å². The van der Waals surface area contributed by atoms with E-state index in [0.29, 0.717) is 0 Å². The van der Waals surface area contributed by atoms with Crippen LogP contribution in [-0.2, 0) is 0 Å². The number of hydrogen-bond acceptors (Lipinski definition) is 1. The van der Waals surface area contributed by atoms with Crippen LogP contribution in [-0.4, -0.2) is 0 Å². The summed E-state index contributed by atoms with van der Waals surface area (Å²) in [6.07, 6.45) is 0. The molecule has 0 aliphatic carbocycles. The largest absolute Gasteiger partial charge is 0.310 e. The molecule has 0 atom stereocenters. The fraction of sp³-hybridized carbons (Fsp3) is 0. The van der Waals surface area contributed by atoms with Gasteiger partial charge in [0.15, 0.2) is 0 Å². The molecule has 0 saturated carbocycles. The van der Waals surface area contributed by atoms with Gasteiger partial charge in [-0.05, 0) is 158 Å². The van der Waals surface area contributed by atoms with Crippen LogP contribution in [0.4, 0.5) is 17.1 Å². The van der Waals surface area contributed by atoms with E-state index < -0.39 is 0 Å². The Morgan fingerprint density at radius 2 is 0.652 bits per heavy atom. The monoisotopic (exact) mass is 875 g/mol. The number of nitrogens with zero attached hydrogens (tertiary/aromatic N) is 1. The molecular weight excluding hydrogens is 831 g/mol. The number of fused-ring (bicyclic) bond motifs is 7. The molecule has 1 heteroatoms. The maximum absolute atomic E-state index is 2.41. The lowest BCUT2D eigenvalue weighted by Gasteiger charge is -2.26. The molecule has 322 valence electrons. The second kappa shape index (κ2) is 17.0. The smallest absolute Gasteiger partial charge is 0.0467 e. The summed E-state index contributed by atoms with van der Waals surface area (Å²) in [5.74, 6) is 0. The molecule has 0 spiro atoms. The van der Waals surface area contributed by atoms with Crippen LogP contribution in [0.3, 0.4) is 0 Å². The van der Waals surface area contributed by atoms with Crippen molar-refractivity contribution in [3.8, 4) is 55.6 Å². The first-order valence-corrected chi connectivity index (χ1v) is 23.8. The second-order valence-electron chi connectivity index (χ2n) is 18.0. The molecule has 1 nitrogen and oxygen atoms in total. The van der Waals surface area contributed by atoms with Crippen LogP contribution < -0.4 is 4.90 Å². The SMILES string of the molecule is c1ccc(-c2c(-c3ccccc3)c3cc(-c4ccc(N(c5ccc(-c6cccc7c6ccc6ccccc67)cc5)c5cccc(-c6ccc7ccccc7c6)c5)cc4)ccc3c3ccccc23)cc1. The second-order valence-corrected chi connectivity index (χ2v) is 18.0. The van der Waals surface area contributed by atoms with Crippen molar-refractivity contribution in [3.05, 3.63) is 273 Å². The molecule has 0 aliphatic rings. The van der Waals surface area contributed by atoms with E-state index in [1.807, 2.05) is 0 Å². The zero-order valence-corrected chi connectivity index (χ0v) is 37.9. The Balaban J connectivity index is 0.936. The Labute approximate surface area is 402 Å². The third kappa shape index (κ3) is 7.20. The average molecular weight is 876 g/mol. The highest BCUT2D eigenvalue weighted by Gasteiger charge is 2.20. The van der Waals surface area contributed by atoms with Gasteiger partial charge in [0.25, 0.3) is 0 Å². The summed E-state index contributed by atoms with van der Waals surface area (Å²) < 4.78 is 0. The molecule has 69 heavy (non-hydrogen) atoms. The minimum atomic E-state index is 1.09. The van der Waals surface area contributed by atoms with E-state index in [4.69, 9.17) is 0 Å². The van der Waals surface area contributed by atoms with Crippen LogP contribution >= 0.6 is 0 Å². The predicted octanol–water partition coefficient (Wildman–Crippen LogP) is 19.3. The summed E-state index contributed by atoms with van der Waals surface area (Å²) in [7, 11) is 0. The van der Waals surface area contributed by atoms with Crippen LogP contribution in [0.1, 0.15) is 0 Å². The summed E-state index contributed by atoms with van der Waals surface area (Å²) in [6, 6.07) is 100. The fourth-order valence-corrected chi connectivity index (χ4v) is 10.7. The number of benzene rings is 13. The van der Waals surface area contributed by atoms with Crippen LogP contribution in [0.2, 0.25) is 0 Å². The van der Waals surface area contributed by atoms with E-state index in [-0.39, 0.29) is 0 Å². The molecule has 13 aromatic carbocycles. The van der Waals surface area contributed by atoms with Gasteiger partial charge in [-0.25, -0.2) is 0 Å². The Hall–Kier alpha value is -9.04. The number of anilines is 3. The quantitative estimate of drug-likeness (QED) is 0.138. The molecule has 0 aliphatic heterocycles. The van der Waals surface area contributed by atoms with Crippen LogP contribution in [0, 0.1) is 0 Å². The average Bonchev–Trinajstić information content (AvgIpc) is 3.43. The highest BCUT2D eigenvalue weighted by molar-refractivity contribution is 6.22. The van der Waals surface area contributed by atoms with E-state index in [0.717, 1.165) is 22.6 Å². The summed E-state index contributed by atoms with van der Waals surface area (Å²) in [4.78, 5) is 2.39. The number of hydrogen-bond donors (Lipinski definition) is 0. The van der Waals surface area contributed by atoms with Crippen molar-refractivity contribution < 1.29 is 0 Å². The van der Waals surface area contributed by atoms with Gasteiger partial charge in [-0.1, -0.05) is 224 Å². The highest BCUT2D eigenvalue weighted by Crippen LogP contribution is 2.46. The van der Waals surface area contributed by atoms with Crippen molar-refractivity contribution in [2.75, 3.05) is 4.90 Å². The van der Waals surface area contributed by atoms with Gasteiger partial charge in [-0.15, -0.1) is 0 Å². The summed E-state index contributed by atoms with van der Waals surface area (Å²) >= 11 is 0. The van der Waals surface area contributed by atoms with Crippen LogP contribution in [0.15, 0.2) is 273 Å². The van der Waals surface area contributed by atoms with Crippen molar-refractivity contribution >= 4 is 70.9 Å². The zero-order valence-electron chi connectivity index (χ0n) is 37.9. The van der Waals surface area contributed by atoms with E-state index in [1.54, 1.807) is 0 Å². The maximum atomic E-state index is 2.41. The van der Waals surface area contributed by atoms with Crippen molar-refractivity contribution in [1.29, 1.82) is 0 Å².